The Hall–Kier alpha value is -5.25. The molecule has 0 fully saturated rings. The maximum atomic E-state index is 6.41. The van der Waals surface area contributed by atoms with Gasteiger partial charge in [-0.15, -0.1) is 0 Å². The summed E-state index contributed by atoms with van der Waals surface area (Å²) in [5.74, 6) is 2.36. The van der Waals surface area contributed by atoms with Crippen molar-refractivity contribution >= 4 is 21.8 Å². The molecule has 0 N–H and O–H groups in total. The van der Waals surface area contributed by atoms with E-state index in [1.54, 1.807) is 0 Å². The predicted molar refractivity (Wildman–Crippen MR) is 173 cm³/mol. The first-order chi connectivity index (χ1) is 21.3. The molecule has 5 aromatic carbocycles. The van der Waals surface area contributed by atoms with Gasteiger partial charge in [0.2, 0.25) is 0 Å². The molecule has 0 aliphatic heterocycles. The first-order valence-corrected chi connectivity index (χ1v) is 14.2. The Labute approximate surface area is 269 Å². The van der Waals surface area contributed by atoms with Crippen LogP contribution in [0.3, 0.4) is 0 Å². The zero-order chi connectivity index (χ0) is 28.6. The fourth-order valence-electron chi connectivity index (χ4n) is 5.67. The van der Waals surface area contributed by atoms with Crippen LogP contribution in [0, 0.1) is 0 Å². The predicted octanol–water partition coefficient (Wildman–Crippen LogP) is 9.49. The number of nitrogens with zero attached hydrogens (tertiary/aromatic N) is 4. The molecular weight excluding hydrogens is 724 g/mol. The summed E-state index contributed by atoms with van der Waals surface area (Å²) < 4.78 is 10.5. The monoisotopic (exact) mass is 749 g/mol. The summed E-state index contributed by atoms with van der Waals surface area (Å²) in [6.07, 6.45) is 5.77. The molecule has 0 unspecified atom stereocenters. The number of pyridine rings is 1. The van der Waals surface area contributed by atoms with E-state index in [9.17, 15) is 0 Å². The van der Waals surface area contributed by atoms with Gasteiger partial charge in [-0.3, -0.25) is 4.57 Å². The second-order valence-corrected chi connectivity index (χ2v) is 10.4. The van der Waals surface area contributed by atoms with Crippen LogP contribution in [0.25, 0.3) is 55.6 Å². The quantitative estimate of drug-likeness (QED) is 0.170. The van der Waals surface area contributed by atoms with Crippen molar-refractivity contribution in [2.24, 2.45) is 0 Å². The Bertz CT molecular complexity index is 2200. The van der Waals surface area contributed by atoms with Gasteiger partial charge in [0.15, 0.2) is 0 Å². The second kappa shape index (κ2) is 11.8. The number of fused-ring (bicyclic) bond motifs is 3. The van der Waals surface area contributed by atoms with Gasteiger partial charge in [-0.2, -0.15) is 5.10 Å². The fraction of sp³-hybridized carbons (Fsp3) is 0. The van der Waals surface area contributed by atoms with Crippen LogP contribution in [0.4, 0.5) is 0 Å². The Morgan fingerprint density at radius 2 is 1.23 bits per heavy atom. The zero-order valence-corrected chi connectivity index (χ0v) is 25.8. The second-order valence-electron chi connectivity index (χ2n) is 10.4. The Kier molecular flexibility index (Phi) is 7.39. The summed E-state index contributed by atoms with van der Waals surface area (Å²) in [4.78, 5) is 4.63. The molecule has 0 bridgehead atoms. The molecule has 0 saturated carbocycles. The molecule has 0 spiro atoms. The molecule has 0 radical (unpaired) electrons. The molecule has 8 aromatic rings. The van der Waals surface area contributed by atoms with E-state index in [0.29, 0.717) is 0 Å². The molecular formula is C38H26N4OPt. The number of hydrogen-bond donors (Lipinski definition) is 0. The van der Waals surface area contributed by atoms with E-state index in [1.807, 2.05) is 77.9 Å². The summed E-state index contributed by atoms with van der Waals surface area (Å²) in [5, 5.41) is 6.99. The SMILES string of the molecule is [Pt].c1ccc(-c2ccc(-c3cnn(-c4cccc(Oc5ccc6c7ccccc7n(-c7ccccn7)c6c5)c4)c3)cc2)cc1. The summed E-state index contributed by atoms with van der Waals surface area (Å²) in [5.41, 5.74) is 7.66. The summed E-state index contributed by atoms with van der Waals surface area (Å²) in [6.45, 7) is 0. The molecule has 3 aromatic heterocycles. The molecule has 0 amide bonds. The third kappa shape index (κ3) is 5.12. The maximum absolute atomic E-state index is 6.41. The van der Waals surface area contributed by atoms with E-state index in [2.05, 4.69) is 99.6 Å². The van der Waals surface area contributed by atoms with Gasteiger partial charge in [-0.25, -0.2) is 9.67 Å². The number of hydrogen-bond acceptors (Lipinski definition) is 3. The fourth-order valence-corrected chi connectivity index (χ4v) is 5.67. The van der Waals surface area contributed by atoms with Gasteiger partial charge in [0, 0.05) is 61.9 Å². The van der Waals surface area contributed by atoms with Gasteiger partial charge in [0.1, 0.15) is 17.3 Å². The number of rotatable bonds is 6. The van der Waals surface area contributed by atoms with Gasteiger partial charge < -0.3 is 4.74 Å². The Morgan fingerprint density at radius 3 is 2.05 bits per heavy atom. The summed E-state index contributed by atoms with van der Waals surface area (Å²) >= 11 is 0. The molecule has 214 valence electrons. The van der Waals surface area contributed by atoms with Gasteiger partial charge in [-0.1, -0.05) is 84.9 Å². The largest absolute Gasteiger partial charge is 0.457 e. The first-order valence-electron chi connectivity index (χ1n) is 14.2. The molecule has 8 rings (SSSR count). The number of benzene rings is 5. The summed E-state index contributed by atoms with van der Waals surface area (Å²) in [6, 6.07) is 47.6. The van der Waals surface area contributed by atoms with Gasteiger partial charge in [-0.05, 0) is 59.2 Å². The number of ether oxygens (including phenoxy) is 1. The van der Waals surface area contributed by atoms with E-state index in [0.717, 1.165) is 50.6 Å². The van der Waals surface area contributed by atoms with Crippen LogP contribution in [-0.4, -0.2) is 19.3 Å². The van der Waals surface area contributed by atoms with Crippen LogP contribution in [0.1, 0.15) is 0 Å². The minimum absolute atomic E-state index is 0. The van der Waals surface area contributed by atoms with Gasteiger partial charge >= 0.3 is 0 Å². The van der Waals surface area contributed by atoms with Crippen LogP contribution in [0.5, 0.6) is 11.5 Å². The molecule has 3 heterocycles. The molecule has 0 atom stereocenters. The van der Waals surface area contributed by atoms with Crippen molar-refractivity contribution < 1.29 is 25.8 Å². The molecule has 44 heavy (non-hydrogen) atoms. The van der Waals surface area contributed by atoms with E-state index in [-0.39, 0.29) is 21.1 Å². The van der Waals surface area contributed by atoms with E-state index in [4.69, 9.17) is 4.74 Å². The minimum atomic E-state index is 0. The molecule has 5 nitrogen and oxygen atoms in total. The average molecular weight is 750 g/mol. The van der Waals surface area contributed by atoms with Crippen LogP contribution < -0.4 is 4.74 Å². The van der Waals surface area contributed by atoms with E-state index >= 15 is 0 Å². The maximum Gasteiger partial charge on any atom is 0.137 e. The first kappa shape index (κ1) is 27.6. The van der Waals surface area contributed by atoms with Crippen molar-refractivity contribution in [2.45, 2.75) is 0 Å². The van der Waals surface area contributed by atoms with Crippen LogP contribution in [0.2, 0.25) is 0 Å². The van der Waals surface area contributed by atoms with Crippen molar-refractivity contribution in [3.8, 4) is 45.3 Å². The molecule has 0 aliphatic carbocycles. The molecule has 6 heteroatoms. The zero-order valence-electron chi connectivity index (χ0n) is 23.5. The van der Waals surface area contributed by atoms with Crippen LogP contribution in [-0.2, 0) is 21.1 Å². The van der Waals surface area contributed by atoms with E-state index in [1.165, 1.54) is 16.5 Å². The topological polar surface area (TPSA) is 44.9 Å². The molecule has 0 aliphatic rings. The van der Waals surface area contributed by atoms with Crippen LogP contribution >= 0.6 is 0 Å². The average Bonchev–Trinajstić information content (AvgIpc) is 3.69. The van der Waals surface area contributed by atoms with Crippen molar-refractivity contribution in [1.29, 1.82) is 0 Å². The third-order valence-electron chi connectivity index (χ3n) is 7.75. The Balaban J connectivity index is 0.00000312. The Morgan fingerprint density at radius 1 is 0.523 bits per heavy atom. The van der Waals surface area contributed by atoms with Gasteiger partial charge in [0.25, 0.3) is 0 Å². The minimum Gasteiger partial charge on any atom is -0.457 e. The van der Waals surface area contributed by atoms with Crippen molar-refractivity contribution in [3.63, 3.8) is 0 Å². The molecule has 0 saturated heterocycles. The smallest absolute Gasteiger partial charge is 0.137 e. The third-order valence-corrected chi connectivity index (χ3v) is 7.75. The normalized spacial score (nSPS) is 11.0. The van der Waals surface area contributed by atoms with Crippen molar-refractivity contribution in [1.82, 2.24) is 19.3 Å². The standard InChI is InChI=1S/C38H26N4O.Pt/c1-2-9-27(10-3-1)28-16-18-29(19-17-28)30-25-40-41(26-30)31-11-8-12-32(23-31)43-33-20-21-35-34-13-4-5-14-36(34)42(37(35)24-33)38-15-6-7-22-39-38;/h1-26H;. The van der Waals surface area contributed by atoms with Crippen molar-refractivity contribution in [3.05, 3.63) is 158 Å². The van der Waals surface area contributed by atoms with E-state index < -0.39 is 0 Å². The van der Waals surface area contributed by atoms with Crippen molar-refractivity contribution in [2.75, 3.05) is 0 Å². The summed E-state index contributed by atoms with van der Waals surface area (Å²) in [7, 11) is 0. The van der Waals surface area contributed by atoms with Gasteiger partial charge in [0.05, 0.1) is 22.9 Å². The number of aromatic nitrogens is 4. The number of para-hydroxylation sites is 1. The van der Waals surface area contributed by atoms with Crippen LogP contribution in [0.15, 0.2) is 158 Å².